The van der Waals surface area contributed by atoms with Gasteiger partial charge in [0.25, 0.3) is 0 Å². The molecule has 0 spiro atoms. The number of aliphatic hydroxyl groups excluding tert-OH is 1. The SMILES string of the molecule is CC(C)(O)[C@H]1CC[C@@](C)(C2CC[C@]3(C)[C@@H]2CCC2[C@@]4(C)CC[C@@H](O)C(C)(C)[C@@H]4CC[C@]23C)O1. The van der Waals surface area contributed by atoms with Gasteiger partial charge in [0.2, 0.25) is 0 Å². The lowest BCUT2D eigenvalue weighted by molar-refractivity contribution is -0.227. The Labute approximate surface area is 203 Å². The smallest absolute Gasteiger partial charge is 0.0865 e. The zero-order valence-electron chi connectivity index (χ0n) is 22.8. The Morgan fingerprint density at radius 2 is 1.36 bits per heavy atom. The van der Waals surface area contributed by atoms with Crippen LogP contribution >= 0.6 is 0 Å². The molecule has 0 aromatic heterocycles. The van der Waals surface area contributed by atoms with E-state index in [0.29, 0.717) is 28.1 Å². The van der Waals surface area contributed by atoms with Crippen molar-refractivity contribution in [2.24, 2.45) is 45.3 Å². The van der Waals surface area contributed by atoms with Crippen LogP contribution in [0.3, 0.4) is 0 Å². The third kappa shape index (κ3) is 3.16. The lowest BCUT2D eigenvalue weighted by Crippen LogP contribution is -2.64. The van der Waals surface area contributed by atoms with Crippen LogP contribution in [0, 0.1) is 45.3 Å². The van der Waals surface area contributed by atoms with Gasteiger partial charge in [-0.2, -0.15) is 0 Å². The molecule has 3 heteroatoms. The van der Waals surface area contributed by atoms with Gasteiger partial charge in [-0.1, -0.05) is 34.6 Å². The highest BCUT2D eigenvalue weighted by molar-refractivity contribution is 5.18. The van der Waals surface area contributed by atoms with Crippen molar-refractivity contribution in [3.8, 4) is 0 Å². The van der Waals surface area contributed by atoms with Gasteiger partial charge in [-0.05, 0) is 130 Å². The fourth-order valence-electron chi connectivity index (χ4n) is 11.1. The summed E-state index contributed by atoms with van der Waals surface area (Å²) in [5, 5.41) is 21.5. The molecule has 190 valence electrons. The molecule has 10 atom stereocenters. The average Bonchev–Trinajstić information content (AvgIpc) is 3.27. The molecule has 2 unspecified atom stereocenters. The maximum atomic E-state index is 10.9. The van der Waals surface area contributed by atoms with E-state index in [1.807, 2.05) is 13.8 Å². The molecule has 0 aromatic carbocycles. The molecule has 5 fully saturated rings. The molecule has 0 bridgehead atoms. The van der Waals surface area contributed by atoms with Crippen LogP contribution < -0.4 is 0 Å². The van der Waals surface area contributed by atoms with Crippen molar-refractivity contribution in [3.63, 3.8) is 0 Å². The number of aliphatic hydroxyl groups is 2. The molecular weight excluding hydrogens is 408 g/mol. The van der Waals surface area contributed by atoms with Crippen LogP contribution in [0.2, 0.25) is 0 Å². The van der Waals surface area contributed by atoms with E-state index >= 15 is 0 Å². The summed E-state index contributed by atoms with van der Waals surface area (Å²) in [6, 6.07) is 0. The molecule has 3 nitrogen and oxygen atoms in total. The van der Waals surface area contributed by atoms with E-state index in [1.165, 1.54) is 44.9 Å². The van der Waals surface area contributed by atoms with E-state index in [4.69, 9.17) is 4.74 Å². The largest absolute Gasteiger partial charge is 0.393 e. The molecule has 0 radical (unpaired) electrons. The average molecular weight is 461 g/mol. The van der Waals surface area contributed by atoms with Crippen LogP contribution in [0.1, 0.15) is 120 Å². The summed E-state index contributed by atoms with van der Waals surface area (Å²) in [5.41, 5.74) is 0.277. The van der Waals surface area contributed by atoms with E-state index in [2.05, 4.69) is 41.5 Å². The Hall–Kier alpha value is -0.120. The predicted molar refractivity (Wildman–Crippen MR) is 134 cm³/mol. The minimum atomic E-state index is -0.755. The normalized spacial score (nSPS) is 56.2. The van der Waals surface area contributed by atoms with Gasteiger partial charge in [0, 0.05) is 0 Å². The second kappa shape index (κ2) is 7.22. The molecule has 5 aliphatic rings. The molecule has 4 aliphatic carbocycles. The predicted octanol–water partition coefficient (Wildman–Crippen LogP) is 6.74. The van der Waals surface area contributed by atoms with Gasteiger partial charge in [0.1, 0.15) is 0 Å². The van der Waals surface area contributed by atoms with Crippen molar-refractivity contribution in [1.82, 2.24) is 0 Å². The van der Waals surface area contributed by atoms with E-state index in [9.17, 15) is 10.2 Å². The van der Waals surface area contributed by atoms with Crippen LogP contribution in [0.5, 0.6) is 0 Å². The number of hydrogen-bond donors (Lipinski definition) is 2. The van der Waals surface area contributed by atoms with Gasteiger partial charge in [0.15, 0.2) is 0 Å². The van der Waals surface area contributed by atoms with E-state index in [-0.39, 0.29) is 23.2 Å². The van der Waals surface area contributed by atoms with Crippen molar-refractivity contribution < 1.29 is 14.9 Å². The fourth-order valence-corrected chi connectivity index (χ4v) is 11.1. The first-order chi connectivity index (χ1) is 15.1. The van der Waals surface area contributed by atoms with Crippen molar-refractivity contribution in [2.45, 2.75) is 143 Å². The molecule has 0 aromatic rings. The number of hydrogen-bond acceptors (Lipinski definition) is 3. The van der Waals surface area contributed by atoms with E-state index in [1.54, 1.807) is 0 Å². The Bertz CT molecular complexity index is 784. The van der Waals surface area contributed by atoms with Crippen LogP contribution in [-0.4, -0.2) is 33.6 Å². The topological polar surface area (TPSA) is 49.7 Å². The van der Waals surface area contributed by atoms with Crippen molar-refractivity contribution in [1.29, 1.82) is 0 Å². The van der Waals surface area contributed by atoms with Crippen LogP contribution in [-0.2, 0) is 4.74 Å². The molecule has 1 heterocycles. The minimum absolute atomic E-state index is 0.0293. The highest BCUT2D eigenvalue weighted by atomic mass is 16.5. The monoisotopic (exact) mass is 460 g/mol. The molecule has 0 amide bonds. The Kier molecular flexibility index (Phi) is 5.38. The van der Waals surface area contributed by atoms with Gasteiger partial charge < -0.3 is 14.9 Å². The highest BCUT2D eigenvalue weighted by Gasteiger charge is 2.70. The third-order valence-corrected chi connectivity index (χ3v) is 13.3. The first-order valence-corrected chi connectivity index (χ1v) is 14.2. The third-order valence-electron chi connectivity index (χ3n) is 13.3. The Balaban J connectivity index is 1.44. The number of ether oxygens (including phenoxy) is 1. The summed E-state index contributed by atoms with van der Waals surface area (Å²) >= 11 is 0. The zero-order chi connectivity index (χ0) is 24.2. The van der Waals surface area contributed by atoms with Crippen molar-refractivity contribution in [3.05, 3.63) is 0 Å². The molecule has 33 heavy (non-hydrogen) atoms. The second-order valence-corrected chi connectivity index (χ2v) is 15.3. The lowest BCUT2D eigenvalue weighted by atomic mass is 9.35. The van der Waals surface area contributed by atoms with E-state index in [0.717, 1.165) is 31.1 Å². The summed E-state index contributed by atoms with van der Waals surface area (Å²) < 4.78 is 6.73. The molecule has 1 aliphatic heterocycles. The van der Waals surface area contributed by atoms with Crippen LogP contribution in [0.4, 0.5) is 0 Å². The van der Waals surface area contributed by atoms with Crippen molar-refractivity contribution >= 4 is 0 Å². The Morgan fingerprint density at radius 3 is 2.00 bits per heavy atom. The summed E-state index contributed by atoms with van der Waals surface area (Å²) in [6.07, 6.45) is 11.9. The summed E-state index contributed by atoms with van der Waals surface area (Å²) in [5.74, 6) is 2.73. The molecule has 2 N–H and O–H groups in total. The minimum Gasteiger partial charge on any atom is -0.393 e. The first-order valence-electron chi connectivity index (χ1n) is 14.2. The van der Waals surface area contributed by atoms with Gasteiger partial charge >= 0.3 is 0 Å². The van der Waals surface area contributed by atoms with E-state index < -0.39 is 5.60 Å². The fraction of sp³-hybridized carbons (Fsp3) is 1.00. The highest BCUT2D eigenvalue weighted by Crippen LogP contribution is 2.76. The van der Waals surface area contributed by atoms with Gasteiger partial charge in [0.05, 0.1) is 23.4 Å². The summed E-state index contributed by atoms with van der Waals surface area (Å²) in [4.78, 5) is 0. The molecule has 1 saturated heterocycles. The maximum Gasteiger partial charge on any atom is 0.0865 e. The summed E-state index contributed by atoms with van der Waals surface area (Å²) in [6.45, 7) is 18.8. The van der Waals surface area contributed by atoms with Crippen LogP contribution in [0.15, 0.2) is 0 Å². The summed E-state index contributed by atoms with van der Waals surface area (Å²) in [7, 11) is 0. The second-order valence-electron chi connectivity index (χ2n) is 15.3. The Morgan fingerprint density at radius 1 is 0.697 bits per heavy atom. The quantitative estimate of drug-likeness (QED) is 0.480. The van der Waals surface area contributed by atoms with Crippen molar-refractivity contribution in [2.75, 3.05) is 0 Å². The number of fused-ring (bicyclic) bond motifs is 5. The lowest BCUT2D eigenvalue weighted by Gasteiger charge is -2.70. The molecule has 4 saturated carbocycles. The zero-order valence-corrected chi connectivity index (χ0v) is 22.8. The standard InChI is InChI=1S/C30H52O3/c1-25(2)21-12-17-29(7)22(27(21,5)15-13-23(25)31)10-9-19-20(11-16-28(19,29)6)30(8)18-14-24(33-30)26(3,4)32/h19-24,31-32H,9-18H2,1-8H3/t19-,20?,21+,22?,23-,24-,27+,28-,29-,30+/m1/s1. The van der Waals surface area contributed by atoms with Crippen LogP contribution in [0.25, 0.3) is 0 Å². The maximum absolute atomic E-state index is 10.9. The van der Waals surface area contributed by atoms with Gasteiger partial charge in [-0.3, -0.25) is 0 Å². The molecular formula is C30H52O3. The molecule has 5 rings (SSSR count). The first kappa shape index (κ1) is 24.6. The van der Waals surface area contributed by atoms with Gasteiger partial charge in [-0.25, -0.2) is 0 Å². The number of rotatable bonds is 2. The van der Waals surface area contributed by atoms with Gasteiger partial charge in [-0.15, -0.1) is 0 Å².